The SMILES string of the molecule is CN1C[C@H](F)C[C@@H](Nc2nnc(-c3ccc(OC(F)F)cc3OC(F)F)c3cccn23)C1. The van der Waals surface area contributed by atoms with Crippen LogP contribution in [-0.2, 0) is 0 Å². The molecule has 7 nitrogen and oxygen atoms in total. The predicted molar refractivity (Wildman–Crippen MR) is 106 cm³/mol. The van der Waals surface area contributed by atoms with Crippen molar-refractivity contribution in [3.05, 3.63) is 36.5 Å². The number of hydrogen-bond donors (Lipinski definition) is 1. The molecule has 172 valence electrons. The second kappa shape index (κ2) is 9.15. The lowest BCUT2D eigenvalue weighted by Crippen LogP contribution is -2.45. The van der Waals surface area contributed by atoms with Gasteiger partial charge in [-0.15, -0.1) is 10.2 Å². The number of piperidine rings is 1. The van der Waals surface area contributed by atoms with Crippen molar-refractivity contribution >= 4 is 11.5 Å². The molecule has 1 aliphatic heterocycles. The molecule has 1 saturated heterocycles. The zero-order valence-electron chi connectivity index (χ0n) is 16.9. The van der Waals surface area contributed by atoms with Gasteiger partial charge in [0.1, 0.15) is 23.4 Å². The van der Waals surface area contributed by atoms with Gasteiger partial charge in [-0.05, 0) is 31.3 Å². The van der Waals surface area contributed by atoms with E-state index in [9.17, 15) is 22.0 Å². The van der Waals surface area contributed by atoms with E-state index in [1.54, 1.807) is 22.7 Å². The maximum Gasteiger partial charge on any atom is 0.387 e. The van der Waals surface area contributed by atoms with Crippen LogP contribution < -0.4 is 14.8 Å². The van der Waals surface area contributed by atoms with Crippen LogP contribution in [0.4, 0.5) is 27.9 Å². The number of likely N-dealkylation sites (tertiary alicyclic amines) is 1. The maximum absolute atomic E-state index is 13.9. The third-order valence-electron chi connectivity index (χ3n) is 5.03. The number of hydrogen-bond acceptors (Lipinski definition) is 6. The molecule has 1 aliphatic rings. The van der Waals surface area contributed by atoms with Crippen LogP contribution in [0.1, 0.15) is 6.42 Å². The zero-order chi connectivity index (χ0) is 22.8. The van der Waals surface area contributed by atoms with Crippen molar-refractivity contribution in [2.24, 2.45) is 0 Å². The maximum atomic E-state index is 13.9. The molecule has 0 unspecified atom stereocenters. The van der Waals surface area contributed by atoms with Crippen LogP contribution in [0.3, 0.4) is 0 Å². The van der Waals surface area contributed by atoms with E-state index in [1.807, 2.05) is 11.9 Å². The molecule has 32 heavy (non-hydrogen) atoms. The summed E-state index contributed by atoms with van der Waals surface area (Å²) in [4.78, 5) is 1.87. The lowest BCUT2D eigenvalue weighted by Gasteiger charge is -2.32. The molecule has 2 atom stereocenters. The summed E-state index contributed by atoms with van der Waals surface area (Å²) >= 11 is 0. The Hall–Kier alpha value is -3.15. The number of fused-ring (bicyclic) bond motifs is 1. The van der Waals surface area contributed by atoms with Gasteiger partial charge in [0.2, 0.25) is 5.95 Å². The van der Waals surface area contributed by atoms with Crippen LogP contribution in [0.5, 0.6) is 11.5 Å². The molecular formula is C20H20F5N5O2. The monoisotopic (exact) mass is 457 g/mol. The number of ether oxygens (including phenoxy) is 2. The Morgan fingerprint density at radius 2 is 1.84 bits per heavy atom. The predicted octanol–water partition coefficient (Wildman–Crippen LogP) is 4.05. The fraction of sp³-hybridized carbons (Fsp3) is 0.400. The fourth-order valence-electron chi connectivity index (χ4n) is 3.85. The molecule has 2 aromatic heterocycles. The van der Waals surface area contributed by atoms with Gasteiger partial charge in [0.05, 0.1) is 5.52 Å². The van der Waals surface area contributed by atoms with E-state index >= 15 is 0 Å². The molecule has 12 heteroatoms. The summed E-state index contributed by atoms with van der Waals surface area (Å²) in [5, 5.41) is 11.5. The molecule has 1 N–H and O–H groups in total. The lowest BCUT2D eigenvalue weighted by atomic mass is 10.1. The molecular weight excluding hydrogens is 437 g/mol. The topological polar surface area (TPSA) is 63.9 Å². The van der Waals surface area contributed by atoms with Crippen molar-refractivity contribution in [2.75, 3.05) is 25.5 Å². The Labute approximate surface area is 179 Å². The van der Waals surface area contributed by atoms with Crippen molar-refractivity contribution in [1.82, 2.24) is 19.5 Å². The Bertz CT molecular complexity index is 1070. The summed E-state index contributed by atoms with van der Waals surface area (Å²) in [6.07, 6.45) is 1.04. The highest BCUT2D eigenvalue weighted by Gasteiger charge is 2.26. The van der Waals surface area contributed by atoms with Gasteiger partial charge in [0.25, 0.3) is 0 Å². The van der Waals surface area contributed by atoms with E-state index in [1.165, 1.54) is 12.1 Å². The summed E-state index contributed by atoms with van der Waals surface area (Å²) < 4.78 is 75.3. The van der Waals surface area contributed by atoms with Gasteiger partial charge >= 0.3 is 13.2 Å². The van der Waals surface area contributed by atoms with E-state index < -0.39 is 19.4 Å². The molecule has 1 fully saturated rings. The van der Waals surface area contributed by atoms with Crippen molar-refractivity contribution in [3.8, 4) is 22.8 Å². The Kier molecular flexibility index (Phi) is 6.31. The molecule has 1 aromatic carbocycles. The molecule has 0 aliphatic carbocycles. The summed E-state index contributed by atoms with van der Waals surface area (Å²) in [5.41, 5.74) is 0.824. The number of likely N-dealkylation sites (N-methyl/N-ethyl adjacent to an activating group) is 1. The van der Waals surface area contributed by atoms with Crippen molar-refractivity contribution in [1.29, 1.82) is 0 Å². The summed E-state index contributed by atoms with van der Waals surface area (Å²) in [6.45, 7) is -5.33. The normalized spacial score (nSPS) is 19.6. The number of nitrogens with one attached hydrogen (secondary N) is 1. The highest BCUT2D eigenvalue weighted by atomic mass is 19.3. The van der Waals surface area contributed by atoms with Crippen LogP contribution in [0, 0.1) is 0 Å². The van der Waals surface area contributed by atoms with E-state index in [-0.39, 0.29) is 28.8 Å². The number of halogens is 5. The van der Waals surface area contributed by atoms with Crippen LogP contribution in [-0.4, -0.2) is 65.1 Å². The molecule has 3 heterocycles. The van der Waals surface area contributed by atoms with Crippen LogP contribution in [0.15, 0.2) is 36.5 Å². The average molecular weight is 457 g/mol. The molecule has 3 aromatic rings. The highest BCUT2D eigenvalue weighted by molar-refractivity contribution is 5.81. The molecule has 0 saturated carbocycles. The minimum atomic E-state index is -3.19. The standard InChI is InChI=1S/C20H20F5N5O2/c1-29-9-11(21)7-12(10-29)26-20-28-27-17(15-3-2-6-30(15)20)14-5-4-13(31-18(22)23)8-16(14)32-19(24)25/h2-6,8,11-12,18-19H,7,9-10H2,1H3,(H,26,28)/t11-,12-/m1/s1. The van der Waals surface area contributed by atoms with Crippen LogP contribution in [0.25, 0.3) is 16.8 Å². The number of benzene rings is 1. The van der Waals surface area contributed by atoms with Crippen molar-refractivity contribution in [3.63, 3.8) is 0 Å². The molecule has 0 bridgehead atoms. The van der Waals surface area contributed by atoms with Crippen LogP contribution in [0.2, 0.25) is 0 Å². The van der Waals surface area contributed by atoms with Gasteiger partial charge in [-0.1, -0.05) is 0 Å². The Morgan fingerprint density at radius 3 is 2.56 bits per heavy atom. The average Bonchev–Trinajstić information content (AvgIpc) is 3.18. The highest BCUT2D eigenvalue weighted by Crippen LogP contribution is 2.36. The smallest absolute Gasteiger partial charge is 0.387 e. The number of aromatic nitrogens is 3. The fourth-order valence-corrected chi connectivity index (χ4v) is 3.85. The second-order valence-corrected chi connectivity index (χ2v) is 7.45. The second-order valence-electron chi connectivity index (χ2n) is 7.45. The van der Waals surface area contributed by atoms with Crippen molar-refractivity contribution < 1.29 is 31.4 Å². The van der Waals surface area contributed by atoms with Gasteiger partial charge in [0, 0.05) is 43.4 Å². The first kappa shape index (κ1) is 22.1. The summed E-state index contributed by atoms with van der Waals surface area (Å²) in [6, 6.07) is 6.64. The first-order valence-electron chi connectivity index (χ1n) is 9.77. The Balaban J connectivity index is 1.70. The minimum absolute atomic E-state index is 0.121. The number of rotatable bonds is 7. The number of anilines is 1. The van der Waals surface area contributed by atoms with Gasteiger partial charge in [-0.25, -0.2) is 4.39 Å². The number of alkyl halides is 5. The third-order valence-corrected chi connectivity index (χ3v) is 5.03. The van der Waals surface area contributed by atoms with Gasteiger partial charge in [-0.2, -0.15) is 17.6 Å². The largest absolute Gasteiger partial charge is 0.435 e. The van der Waals surface area contributed by atoms with E-state index in [2.05, 4.69) is 25.0 Å². The van der Waals surface area contributed by atoms with Crippen molar-refractivity contribution in [2.45, 2.75) is 31.9 Å². The van der Waals surface area contributed by atoms with Gasteiger partial charge in [-0.3, -0.25) is 4.40 Å². The lowest BCUT2D eigenvalue weighted by molar-refractivity contribution is -0.0540. The van der Waals surface area contributed by atoms with Gasteiger partial charge in [0.15, 0.2) is 0 Å². The molecule has 0 spiro atoms. The van der Waals surface area contributed by atoms with E-state index in [4.69, 9.17) is 0 Å². The van der Waals surface area contributed by atoms with E-state index in [0.29, 0.717) is 31.0 Å². The van der Waals surface area contributed by atoms with E-state index in [0.717, 1.165) is 6.07 Å². The summed E-state index contributed by atoms with van der Waals surface area (Å²) in [7, 11) is 1.83. The first-order valence-corrected chi connectivity index (χ1v) is 9.77. The quantitative estimate of drug-likeness (QED) is 0.540. The van der Waals surface area contributed by atoms with Gasteiger partial charge < -0.3 is 19.7 Å². The van der Waals surface area contributed by atoms with Crippen LogP contribution >= 0.6 is 0 Å². The molecule has 4 rings (SSSR count). The zero-order valence-corrected chi connectivity index (χ0v) is 16.9. The Morgan fingerprint density at radius 1 is 1.06 bits per heavy atom. The molecule has 0 amide bonds. The minimum Gasteiger partial charge on any atom is -0.435 e. The first-order chi connectivity index (χ1) is 15.3. The summed E-state index contributed by atoms with van der Waals surface area (Å²) in [5.74, 6) is -0.361. The third kappa shape index (κ3) is 4.85. The molecule has 0 radical (unpaired) electrons. The number of nitrogens with zero attached hydrogens (tertiary/aromatic N) is 4.